The van der Waals surface area contributed by atoms with Gasteiger partial charge >= 0.3 is 47.6 Å². The second-order valence-corrected chi connectivity index (χ2v) is 4.54. The minimum absolute atomic E-state index is 0. The summed E-state index contributed by atoms with van der Waals surface area (Å²) in [5.41, 5.74) is 0. The van der Waals surface area contributed by atoms with Crippen LogP contribution in [-0.4, -0.2) is 28.0 Å². The van der Waals surface area contributed by atoms with Gasteiger partial charge in [0.15, 0.2) is 0 Å². The third kappa shape index (κ3) is 201. The topological polar surface area (TPSA) is 83.8 Å². The van der Waals surface area contributed by atoms with Crippen LogP contribution in [0.1, 0.15) is 0 Å². The second kappa shape index (κ2) is 9.69. The fraction of sp³-hybridized carbons (Fsp3) is 0. The first kappa shape index (κ1) is 17.0. The Morgan fingerprint density at radius 1 is 1.44 bits per heavy atom. The van der Waals surface area contributed by atoms with Crippen LogP contribution in [0.5, 0.6) is 0 Å². The molecule has 0 spiro atoms. The molecule has 0 aliphatic rings. The van der Waals surface area contributed by atoms with Gasteiger partial charge in [0.25, 0.3) is 0 Å². The number of hydrogen-bond donors (Lipinski definition) is 3. The Kier molecular flexibility index (Phi) is 18.3. The van der Waals surface area contributed by atoms with Crippen molar-refractivity contribution in [2.45, 2.75) is 0 Å². The van der Waals surface area contributed by atoms with Gasteiger partial charge in [-0.15, -0.1) is 0 Å². The van der Waals surface area contributed by atoms with Crippen LogP contribution in [0, 0.1) is 0 Å². The van der Waals surface area contributed by atoms with Crippen molar-refractivity contribution < 1.29 is 37.7 Å². The van der Waals surface area contributed by atoms with Crippen molar-refractivity contribution in [1.82, 2.24) is 0 Å². The molecule has 0 aliphatic carbocycles. The van der Waals surface area contributed by atoms with Gasteiger partial charge in [-0.05, 0) is 0 Å². The summed E-state index contributed by atoms with van der Waals surface area (Å²) in [6.07, 6.45) is 0. The van der Waals surface area contributed by atoms with E-state index in [0.717, 1.165) is 0 Å². The molecule has 0 radical (unpaired) electrons. The first-order valence-electron chi connectivity index (χ1n) is 1.26. The Bertz CT molecular complexity index is 92.5. The van der Waals surface area contributed by atoms with E-state index in [0.29, 0.717) is 0 Å². The molecule has 0 saturated heterocycles. The van der Waals surface area contributed by atoms with E-state index in [4.69, 9.17) is 18.8 Å². The van der Waals surface area contributed by atoms with Crippen LogP contribution in [0.25, 0.3) is 0 Å². The maximum atomic E-state index is 9.14. The van der Waals surface area contributed by atoms with E-state index >= 15 is 0 Å². The van der Waals surface area contributed by atoms with Gasteiger partial charge in [0, 0.05) is 0 Å². The normalized spacial score (nSPS) is 7.89. The van der Waals surface area contributed by atoms with Crippen molar-refractivity contribution in [3.05, 3.63) is 0 Å². The molecule has 0 heterocycles. The Hall–Kier alpha value is 1.69. The molecule has 0 aromatic carbocycles. The second-order valence-electron chi connectivity index (χ2n) is 0.596. The van der Waals surface area contributed by atoms with E-state index in [1.54, 1.807) is 0 Å². The predicted octanol–water partition coefficient (Wildman–Crippen LogP) is -5.00. The summed E-state index contributed by atoms with van der Waals surface area (Å²) in [5.74, 6) is 0. The summed E-state index contributed by atoms with van der Waals surface area (Å²) in [5, 5.41) is 0. The van der Waals surface area contributed by atoms with Crippen LogP contribution in [0.4, 0.5) is 0 Å². The van der Waals surface area contributed by atoms with Crippen molar-refractivity contribution >= 4 is 43.1 Å². The molecule has 0 bridgehead atoms. The first-order chi connectivity index (χ1) is 3.41. The molecule has 0 rings (SSSR count). The van der Waals surface area contributed by atoms with Gasteiger partial charge in [0.05, 0.1) is 0 Å². The molecular formula is H4GeLiO4PS2. The quantitative estimate of drug-likeness (QED) is 0.292. The van der Waals surface area contributed by atoms with Crippen LogP contribution in [0.3, 0.4) is 0 Å². The van der Waals surface area contributed by atoms with Gasteiger partial charge in [0.2, 0.25) is 0 Å². The zero-order valence-corrected chi connectivity index (χ0v) is 9.54. The zero-order chi connectivity index (χ0) is 7.21. The molecule has 3 N–H and O–H groups in total. The van der Waals surface area contributed by atoms with Crippen molar-refractivity contribution in [2.75, 3.05) is 0 Å². The summed E-state index contributed by atoms with van der Waals surface area (Å²) in [7, 11) is 4.11. The SMILES string of the molecule is [Li+].[O-]P(O)(O)=S.[OH][GeH]=[S]. The fourth-order valence-corrected chi connectivity index (χ4v) is 0. The van der Waals surface area contributed by atoms with Crippen LogP contribution in [-0.2, 0) is 11.8 Å². The molecule has 0 atom stereocenters. The third-order valence-corrected chi connectivity index (χ3v) is 0. The van der Waals surface area contributed by atoms with Crippen LogP contribution < -0.4 is 23.8 Å². The molecule has 0 aromatic rings. The fourth-order valence-electron chi connectivity index (χ4n) is 0. The first-order valence-corrected chi connectivity index (χ1v) is 8.41. The van der Waals surface area contributed by atoms with Crippen LogP contribution in [0.15, 0.2) is 0 Å². The number of rotatable bonds is 0. The molecule has 0 aliphatic heterocycles. The maximum absolute atomic E-state index is 9.14. The average molecular weight is 243 g/mol. The summed E-state index contributed by atoms with van der Waals surface area (Å²) in [6, 6.07) is 0. The summed E-state index contributed by atoms with van der Waals surface area (Å²) < 4.78 is 7.54. The van der Waals surface area contributed by atoms with E-state index in [2.05, 4.69) is 22.3 Å². The van der Waals surface area contributed by atoms with Gasteiger partial charge in [0.1, 0.15) is 6.72 Å². The molecule has 9 heavy (non-hydrogen) atoms. The predicted molar refractivity (Wildman–Crippen MR) is 35.7 cm³/mol. The van der Waals surface area contributed by atoms with E-state index in [9.17, 15) is 0 Å². The summed E-state index contributed by atoms with van der Waals surface area (Å²) in [4.78, 5) is 24.0. The minimum atomic E-state index is -4.06. The van der Waals surface area contributed by atoms with E-state index in [1.165, 1.54) is 0 Å². The van der Waals surface area contributed by atoms with Crippen molar-refractivity contribution in [2.24, 2.45) is 0 Å². The molecule has 0 fully saturated rings. The van der Waals surface area contributed by atoms with Gasteiger partial charge in [-0.3, -0.25) is 0 Å². The summed E-state index contributed by atoms with van der Waals surface area (Å²) in [6.45, 7) is -4.06. The molecule has 9 heteroatoms. The van der Waals surface area contributed by atoms with Gasteiger partial charge in [-0.25, -0.2) is 0 Å². The van der Waals surface area contributed by atoms with Gasteiger partial charge < -0.3 is 14.7 Å². The Labute approximate surface area is 80.3 Å². The van der Waals surface area contributed by atoms with Gasteiger partial charge in [-0.1, -0.05) is 11.8 Å². The van der Waals surface area contributed by atoms with E-state index in [-0.39, 0.29) is 18.9 Å². The molecule has 0 unspecified atom stereocenters. The average Bonchev–Trinajstić information content (AvgIpc) is 1.27. The number of hydrogen-bond acceptors (Lipinski definition) is 3. The van der Waals surface area contributed by atoms with Crippen LogP contribution >= 0.6 is 17.2 Å². The molecule has 0 amide bonds. The Morgan fingerprint density at radius 2 is 1.44 bits per heavy atom. The molecule has 0 aromatic heterocycles. The van der Waals surface area contributed by atoms with Crippen molar-refractivity contribution in [3.63, 3.8) is 0 Å². The molecule has 4 nitrogen and oxygen atoms in total. The molecule has 0 saturated carbocycles. The van der Waals surface area contributed by atoms with E-state index < -0.39 is 20.8 Å². The standard InChI is InChI=1S/GeH2OS.Li.H3O3PS/c2-1-3;;1-4(2,3)5/h1-2H;;(H3,1,2,3,5)/q;+1;/p-1. The monoisotopic (exact) mass is 244 g/mol. The van der Waals surface area contributed by atoms with Gasteiger partial charge in [-0.2, -0.15) is 0 Å². The molecule has 50 valence electrons. The van der Waals surface area contributed by atoms with Crippen molar-refractivity contribution in [1.29, 1.82) is 0 Å². The van der Waals surface area contributed by atoms with Crippen LogP contribution in [0.2, 0.25) is 0 Å². The zero-order valence-electron chi connectivity index (χ0n) is 4.59. The Morgan fingerprint density at radius 3 is 1.44 bits per heavy atom. The molecular weight excluding hydrogens is 239 g/mol. The van der Waals surface area contributed by atoms with Crippen molar-refractivity contribution in [3.8, 4) is 0 Å². The summed E-state index contributed by atoms with van der Waals surface area (Å²) >= 11 is 2.39. The Balaban J connectivity index is -0.0000000800. The van der Waals surface area contributed by atoms with E-state index in [1.807, 2.05) is 0 Å². The third-order valence-electron chi connectivity index (χ3n) is 0.